The van der Waals surface area contributed by atoms with Crippen molar-refractivity contribution < 1.29 is 49.4 Å². The molecular formula is C9H7F9O2. The van der Waals surface area contributed by atoms with Gasteiger partial charge in [-0.3, -0.25) is 0 Å². The Hall–Kier alpha value is -1.13. The minimum atomic E-state index is -6.63. The molecule has 11 heteroatoms. The predicted molar refractivity (Wildman–Crippen MR) is 45.6 cm³/mol. The Morgan fingerprint density at radius 2 is 1.30 bits per heavy atom. The maximum Gasteiger partial charge on any atom is 0.386 e. The van der Waals surface area contributed by atoms with Crippen molar-refractivity contribution in [1.82, 2.24) is 0 Å². The average Bonchev–Trinajstić information content (AvgIpc) is 2.31. The first-order chi connectivity index (χ1) is 8.85. The zero-order valence-corrected chi connectivity index (χ0v) is 9.38. The third kappa shape index (κ3) is 1.93. The smallest absolute Gasteiger partial charge is 0.386 e. The molecule has 0 saturated carbocycles. The second kappa shape index (κ2) is 4.71. The number of hydrogen-bond acceptors (Lipinski definition) is 2. The second-order valence-corrected chi connectivity index (χ2v) is 3.87. The topological polar surface area (TPSA) is 29.5 Å². The molecule has 1 rings (SSSR count). The maximum absolute atomic E-state index is 13.1. The van der Waals surface area contributed by atoms with Gasteiger partial charge in [-0.25, -0.2) is 4.39 Å². The molecular weight excluding hydrogens is 311 g/mol. The summed E-state index contributed by atoms with van der Waals surface area (Å²) in [5.41, 5.74) is 0. The Kier molecular flexibility index (Phi) is 3.98. The fourth-order valence-corrected chi connectivity index (χ4v) is 1.35. The Morgan fingerprint density at radius 3 is 1.75 bits per heavy atom. The van der Waals surface area contributed by atoms with Crippen molar-refractivity contribution in [2.45, 2.75) is 30.1 Å². The number of hydrogen-bond donors (Lipinski definition) is 1. The molecule has 0 saturated heterocycles. The molecule has 0 aromatic rings. The van der Waals surface area contributed by atoms with Crippen molar-refractivity contribution in [3.63, 3.8) is 0 Å². The van der Waals surface area contributed by atoms with E-state index in [4.69, 9.17) is 5.11 Å². The number of aliphatic hydroxyl groups is 1. The van der Waals surface area contributed by atoms with E-state index < -0.39 is 54.9 Å². The van der Waals surface area contributed by atoms with Gasteiger partial charge in [-0.2, -0.15) is 35.1 Å². The molecule has 1 aliphatic carbocycles. The van der Waals surface area contributed by atoms with E-state index in [1.54, 1.807) is 0 Å². The Balaban J connectivity index is 3.39. The van der Waals surface area contributed by atoms with E-state index in [9.17, 15) is 39.5 Å². The zero-order chi connectivity index (χ0) is 16.0. The van der Waals surface area contributed by atoms with Gasteiger partial charge < -0.3 is 9.84 Å². The van der Waals surface area contributed by atoms with Gasteiger partial charge in [-0.1, -0.05) is 0 Å². The first-order valence-electron chi connectivity index (χ1n) is 5.01. The number of alkyl halides is 8. The van der Waals surface area contributed by atoms with Crippen molar-refractivity contribution in [2.75, 3.05) is 13.2 Å². The van der Waals surface area contributed by atoms with Gasteiger partial charge in [0.2, 0.25) is 11.6 Å². The molecule has 20 heavy (non-hydrogen) atoms. The molecule has 0 aromatic carbocycles. The molecule has 2 nitrogen and oxygen atoms in total. The van der Waals surface area contributed by atoms with Gasteiger partial charge in [0.1, 0.15) is 0 Å². The van der Waals surface area contributed by atoms with Crippen LogP contribution in [0.1, 0.15) is 6.42 Å². The van der Waals surface area contributed by atoms with Crippen molar-refractivity contribution in [3.8, 4) is 0 Å². The van der Waals surface area contributed by atoms with Crippen molar-refractivity contribution in [2.24, 2.45) is 0 Å². The van der Waals surface area contributed by atoms with Crippen LogP contribution < -0.4 is 0 Å². The van der Waals surface area contributed by atoms with Gasteiger partial charge in [-0.15, -0.1) is 0 Å². The molecule has 1 N–H and O–H groups in total. The summed E-state index contributed by atoms with van der Waals surface area (Å²) in [5, 5.41) is 8.29. The van der Waals surface area contributed by atoms with Gasteiger partial charge in [0.05, 0.1) is 6.61 Å². The Morgan fingerprint density at radius 1 is 0.850 bits per heavy atom. The molecule has 0 aliphatic heterocycles. The average molecular weight is 318 g/mol. The van der Waals surface area contributed by atoms with Crippen LogP contribution in [0.25, 0.3) is 0 Å². The molecule has 0 unspecified atom stereocenters. The first-order valence-corrected chi connectivity index (χ1v) is 5.01. The van der Waals surface area contributed by atoms with Crippen molar-refractivity contribution in [3.05, 3.63) is 11.6 Å². The summed E-state index contributed by atoms with van der Waals surface area (Å²) in [6, 6.07) is 0. The van der Waals surface area contributed by atoms with Crippen LogP contribution in [-0.2, 0) is 4.74 Å². The molecule has 1 aliphatic rings. The highest BCUT2D eigenvalue weighted by Crippen LogP contribution is 2.62. The van der Waals surface area contributed by atoms with Crippen LogP contribution in [0.4, 0.5) is 39.5 Å². The van der Waals surface area contributed by atoms with Crippen LogP contribution in [0.15, 0.2) is 11.6 Å². The third-order valence-corrected chi connectivity index (χ3v) is 2.49. The van der Waals surface area contributed by atoms with Gasteiger partial charge in [0.15, 0.2) is 0 Å². The van der Waals surface area contributed by atoms with Gasteiger partial charge >= 0.3 is 23.7 Å². The highest BCUT2D eigenvalue weighted by Gasteiger charge is 2.87. The van der Waals surface area contributed by atoms with Crippen LogP contribution in [0.3, 0.4) is 0 Å². The summed E-state index contributed by atoms with van der Waals surface area (Å²) in [7, 11) is 0. The van der Waals surface area contributed by atoms with E-state index in [0.717, 1.165) is 0 Å². The van der Waals surface area contributed by atoms with Crippen LogP contribution in [0.5, 0.6) is 0 Å². The van der Waals surface area contributed by atoms with Crippen LogP contribution >= 0.6 is 0 Å². The third-order valence-electron chi connectivity index (χ3n) is 2.49. The molecule has 0 spiro atoms. The summed E-state index contributed by atoms with van der Waals surface area (Å²) in [4.78, 5) is 0. The minimum Gasteiger partial charge on any atom is -0.489 e. The zero-order valence-electron chi connectivity index (χ0n) is 9.38. The summed E-state index contributed by atoms with van der Waals surface area (Å²) in [6.45, 7) is -1.74. The van der Waals surface area contributed by atoms with E-state index in [0.29, 0.717) is 0 Å². The molecule has 118 valence electrons. The summed E-state index contributed by atoms with van der Waals surface area (Å²) < 4.78 is 120. The lowest BCUT2D eigenvalue weighted by molar-refractivity contribution is -0.371. The van der Waals surface area contributed by atoms with Gasteiger partial charge in [-0.05, 0) is 0 Å². The number of aliphatic hydroxyl groups excluding tert-OH is 1. The Bertz CT molecular complexity index is 416. The highest BCUT2D eigenvalue weighted by molar-refractivity contribution is 5.32. The monoisotopic (exact) mass is 318 g/mol. The minimum absolute atomic E-state index is 0.486. The molecule has 0 bridgehead atoms. The summed E-state index contributed by atoms with van der Waals surface area (Å²) in [6.07, 6.45) is -0.486. The summed E-state index contributed by atoms with van der Waals surface area (Å²) in [5.74, 6) is -31.6. The molecule has 0 amide bonds. The van der Waals surface area contributed by atoms with Crippen LogP contribution in [0.2, 0.25) is 0 Å². The molecule has 0 fully saturated rings. The van der Waals surface area contributed by atoms with E-state index in [-0.39, 0.29) is 0 Å². The molecule has 0 atom stereocenters. The van der Waals surface area contributed by atoms with E-state index in [2.05, 4.69) is 4.74 Å². The first kappa shape index (κ1) is 16.9. The van der Waals surface area contributed by atoms with Crippen LogP contribution in [-0.4, -0.2) is 42.0 Å². The van der Waals surface area contributed by atoms with Gasteiger partial charge in [0, 0.05) is 13.0 Å². The van der Waals surface area contributed by atoms with Crippen molar-refractivity contribution >= 4 is 0 Å². The number of ether oxygens (including phenoxy) is 1. The van der Waals surface area contributed by atoms with E-state index >= 15 is 0 Å². The number of halogens is 9. The van der Waals surface area contributed by atoms with Crippen LogP contribution in [0, 0.1) is 0 Å². The maximum atomic E-state index is 13.1. The lowest BCUT2D eigenvalue weighted by Gasteiger charge is -2.41. The number of allylic oxidation sites excluding steroid dienone is 2. The van der Waals surface area contributed by atoms with Gasteiger partial charge in [0.25, 0.3) is 0 Å². The quantitative estimate of drug-likeness (QED) is 0.637. The fourth-order valence-electron chi connectivity index (χ4n) is 1.35. The normalized spacial score (nSPS) is 26.5. The van der Waals surface area contributed by atoms with Crippen molar-refractivity contribution in [1.29, 1.82) is 0 Å². The lowest BCUT2D eigenvalue weighted by atomic mass is 9.89. The molecule has 0 radical (unpaired) electrons. The lowest BCUT2D eigenvalue weighted by Crippen LogP contribution is -2.66. The molecule has 0 heterocycles. The fraction of sp³-hybridized carbons (Fsp3) is 0.778. The summed E-state index contributed by atoms with van der Waals surface area (Å²) >= 11 is 0. The van der Waals surface area contributed by atoms with E-state index in [1.165, 1.54) is 0 Å². The number of rotatable bonds is 4. The highest BCUT2D eigenvalue weighted by atomic mass is 19.4. The Labute approximate surface area is 105 Å². The largest absolute Gasteiger partial charge is 0.489 e. The SMILES string of the molecule is OCCCOC1=C(F)C(F)(F)C(F)(F)C(F)(F)C1(F)F. The predicted octanol–water partition coefficient (Wildman–Crippen LogP) is 3.12. The standard InChI is InChI=1S/C9H7F9O2/c10-4-5(20-3-1-2-19)7(13,14)9(17,18)8(15,16)6(4,11)12/h19H,1-3H2. The molecule has 0 aromatic heterocycles. The van der Waals surface area contributed by atoms with E-state index in [1.807, 2.05) is 0 Å². The second-order valence-electron chi connectivity index (χ2n) is 3.87.